The van der Waals surface area contributed by atoms with E-state index in [0.717, 1.165) is 64.2 Å². The van der Waals surface area contributed by atoms with Gasteiger partial charge in [-0.25, -0.2) is 0 Å². The number of benzene rings is 1. The largest absolute Gasteiger partial charge is 0.356 e. The van der Waals surface area contributed by atoms with Crippen LogP contribution in [0, 0.1) is 0 Å². The Hall–Kier alpha value is -2.08. The van der Waals surface area contributed by atoms with Gasteiger partial charge in [-0.2, -0.15) is 0 Å². The molecular formula is C24H41N5O. The van der Waals surface area contributed by atoms with Crippen molar-refractivity contribution in [3.63, 3.8) is 0 Å². The van der Waals surface area contributed by atoms with E-state index in [4.69, 9.17) is 0 Å². The van der Waals surface area contributed by atoms with E-state index in [-0.39, 0.29) is 5.91 Å². The van der Waals surface area contributed by atoms with Gasteiger partial charge >= 0.3 is 0 Å². The number of carbonyl (C=O) groups is 1. The average Bonchev–Trinajstić information content (AvgIpc) is 2.76. The number of nitrogens with zero attached hydrogens (tertiary/aromatic N) is 2. The Kier molecular flexibility index (Phi) is 10.7. The number of amides is 1. The fraction of sp³-hybridized carbons (Fsp3) is 0.667. The van der Waals surface area contributed by atoms with E-state index in [1.54, 1.807) is 0 Å². The number of piperidine rings is 1. The zero-order chi connectivity index (χ0) is 21.8. The first-order valence-electron chi connectivity index (χ1n) is 11.6. The fourth-order valence-electron chi connectivity index (χ4n) is 3.72. The molecule has 0 bridgehead atoms. The molecule has 0 aliphatic carbocycles. The number of aryl methyl sites for hydroxylation is 1. The van der Waals surface area contributed by atoms with Gasteiger partial charge < -0.3 is 16.0 Å². The molecule has 0 radical (unpaired) electrons. The second-order valence-corrected chi connectivity index (χ2v) is 8.54. The molecule has 168 valence electrons. The van der Waals surface area contributed by atoms with Gasteiger partial charge in [-0.05, 0) is 49.1 Å². The summed E-state index contributed by atoms with van der Waals surface area (Å²) in [5.41, 5.74) is 2.79. The molecule has 3 N–H and O–H groups in total. The third-order valence-electron chi connectivity index (χ3n) is 5.67. The number of hydrogen-bond donors (Lipinski definition) is 3. The van der Waals surface area contributed by atoms with Gasteiger partial charge in [0.2, 0.25) is 5.91 Å². The lowest BCUT2D eigenvalue weighted by atomic mass is 10.0. The predicted octanol–water partition coefficient (Wildman–Crippen LogP) is 2.90. The first-order valence-corrected chi connectivity index (χ1v) is 11.6. The van der Waals surface area contributed by atoms with Gasteiger partial charge in [-0.15, -0.1) is 0 Å². The summed E-state index contributed by atoms with van der Waals surface area (Å²) in [7, 11) is 1.83. The monoisotopic (exact) mass is 415 g/mol. The molecule has 1 fully saturated rings. The first kappa shape index (κ1) is 24.2. The first-order chi connectivity index (χ1) is 14.5. The number of carbonyl (C=O) groups excluding carboxylic acids is 1. The standard InChI is InChI=1S/C24H41N5O/c1-5-14-26-23(30)18-29-16-12-22(13-17-29)28-24(25-4)27-15-6-7-20-8-10-21(11-9-20)19(2)3/h8-11,19,22H,5-7,12-18H2,1-4H3,(H,26,30)(H2,25,27,28). The summed E-state index contributed by atoms with van der Waals surface area (Å²) in [5.74, 6) is 1.60. The zero-order valence-electron chi connectivity index (χ0n) is 19.3. The van der Waals surface area contributed by atoms with Crippen molar-refractivity contribution < 1.29 is 4.79 Å². The molecule has 30 heavy (non-hydrogen) atoms. The fourth-order valence-corrected chi connectivity index (χ4v) is 3.72. The van der Waals surface area contributed by atoms with Crippen molar-refractivity contribution in [3.8, 4) is 0 Å². The van der Waals surface area contributed by atoms with Crippen LogP contribution in [0.25, 0.3) is 0 Å². The van der Waals surface area contributed by atoms with E-state index in [0.29, 0.717) is 18.5 Å². The van der Waals surface area contributed by atoms with E-state index >= 15 is 0 Å². The van der Waals surface area contributed by atoms with Crippen LogP contribution in [0.1, 0.15) is 63.5 Å². The third kappa shape index (κ3) is 8.74. The lowest BCUT2D eigenvalue weighted by Crippen LogP contribution is -2.50. The van der Waals surface area contributed by atoms with Crippen LogP contribution in [0.5, 0.6) is 0 Å². The van der Waals surface area contributed by atoms with Crippen molar-refractivity contribution in [2.75, 3.05) is 39.8 Å². The van der Waals surface area contributed by atoms with Crippen LogP contribution in [0.2, 0.25) is 0 Å². The molecule has 1 amide bonds. The molecule has 0 aromatic heterocycles. The van der Waals surface area contributed by atoms with Crippen molar-refractivity contribution in [1.82, 2.24) is 20.9 Å². The normalized spacial score (nSPS) is 16.0. The molecule has 1 heterocycles. The minimum atomic E-state index is 0.139. The van der Waals surface area contributed by atoms with Crippen LogP contribution in [-0.2, 0) is 11.2 Å². The van der Waals surface area contributed by atoms with Gasteiger partial charge in [-0.3, -0.25) is 14.7 Å². The average molecular weight is 416 g/mol. The lowest BCUT2D eigenvalue weighted by molar-refractivity contribution is -0.122. The lowest BCUT2D eigenvalue weighted by Gasteiger charge is -2.32. The molecule has 0 spiro atoms. The Balaban J connectivity index is 1.62. The number of hydrogen-bond acceptors (Lipinski definition) is 3. The summed E-state index contributed by atoms with van der Waals surface area (Å²) in [6.07, 6.45) is 5.19. The maximum absolute atomic E-state index is 11.9. The zero-order valence-corrected chi connectivity index (χ0v) is 19.3. The highest BCUT2D eigenvalue weighted by molar-refractivity contribution is 5.80. The van der Waals surface area contributed by atoms with E-state index in [1.807, 2.05) is 7.05 Å². The Morgan fingerprint density at radius 3 is 2.43 bits per heavy atom. The van der Waals surface area contributed by atoms with E-state index in [1.165, 1.54) is 11.1 Å². The minimum Gasteiger partial charge on any atom is -0.356 e. The van der Waals surface area contributed by atoms with E-state index < -0.39 is 0 Å². The highest BCUT2D eigenvalue weighted by atomic mass is 16.2. The summed E-state index contributed by atoms with van der Waals surface area (Å²) in [6.45, 7) is 10.6. The summed E-state index contributed by atoms with van der Waals surface area (Å²) < 4.78 is 0. The van der Waals surface area contributed by atoms with Crippen molar-refractivity contribution in [2.24, 2.45) is 4.99 Å². The summed E-state index contributed by atoms with van der Waals surface area (Å²) in [6, 6.07) is 9.40. The minimum absolute atomic E-state index is 0.139. The van der Waals surface area contributed by atoms with E-state index in [2.05, 4.69) is 70.9 Å². The van der Waals surface area contributed by atoms with Crippen LogP contribution in [0.15, 0.2) is 29.3 Å². The van der Waals surface area contributed by atoms with Crippen LogP contribution < -0.4 is 16.0 Å². The highest BCUT2D eigenvalue weighted by Crippen LogP contribution is 2.15. The molecule has 0 unspecified atom stereocenters. The second kappa shape index (κ2) is 13.3. The number of nitrogens with one attached hydrogen (secondary N) is 3. The van der Waals surface area contributed by atoms with Crippen molar-refractivity contribution in [3.05, 3.63) is 35.4 Å². The molecule has 0 saturated carbocycles. The summed E-state index contributed by atoms with van der Waals surface area (Å²) >= 11 is 0. The Morgan fingerprint density at radius 2 is 1.83 bits per heavy atom. The maximum Gasteiger partial charge on any atom is 0.234 e. The summed E-state index contributed by atoms with van der Waals surface area (Å²) in [4.78, 5) is 18.5. The van der Waals surface area contributed by atoms with Gasteiger partial charge in [0, 0.05) is 39.3 Å². The molecule has 2 rings (SSSR count). The van der Waals surface area contributed by atoms with Crippen LogP contribution >= 0.6 is 0 Å². The third-order valence-corrected chi connectivity index (χ3v) is 5.67. The molecule has 1 aromatic rings. The molecule has 0 atom stereocenters. The number of guanidine groups is 1. The Morgan fingerprint density at radius 1 is 1.13 bits per heavy atom. The molecule has 1 aliphatic rings. The topological polar surface area (TPSA) is 68.8 Å². The van der Waals surface area contributed by atoms with Crippen LogP contribution in [-0.4, -0.2) is 62.6 Å². The Labute approximate surface area is 182 Å². The Bertz CT molecular complexity index is 648. The van der Waals surface area contributed by atoms with Gasteiger partial charge in [0.15, 0.2) is 5.96 Å². The predicted molar refractivity (Wildman–Crippen MR) is 126 cm³/mol. The number of likely N-dealkylation sites (tertiary alicyclic amines) is 1. The SMILES string of the molecule is CCCNC(=O)CN1CCC(NC(=NC)NCCCc2ccc(C(C)C)cc2)CC1. The summed E-state index contributed by atoms with van der Waals surface area (Å²) in [5, 5.41) is 9.94. The maximum atomic E-state index is 11.9. The van der Waals surface area contributed by atoms with Gasteiger partial charge in [0.25, 0.3) is 0 Å². The molecule has 1 aromatic carbocycles. The number of rotatable bonds is 10. The van der Waals surface area contributed by atoms with Gasteiger partial charge in [0.05, 0.1) is 6.54 Å². The quantitative estimate of drug-likeness (QED) is 0.312. The van der Waals surface area contributed by atoms with Crippen LogP contribution in [0.3, 0.4) is 0 Å². The smallest absolute Gasteiger partial charge is 0.234 e. The van der Waals surface area contributed by atoms with Gasteiger partial charge in [-0.1, -0.05) is 45.0 Å². The molecule has 1 aliphatic heterocycles. The molecule has 6 heteroatoms. The second-order valence-electron chi connectivity index (χ2n) is 8.54. The number of aliphatic imine (C=N–C) groups is 1. The van der Waals surface area contributed by atoms with Gasteiger partial charge in [0.1, 0.15) is 0 Å². The van der Waals surface area contributed by atoms with Crippen molar-refractivity contribution in [2.45, 2.75) is 64.8 Å². The van der Waals surface area contributed by atoms with Crippen molar-refractivity contribution in [1.29, 1.82) is 0 Å². The van der Waals surface area contributed by atoms with Crippen molar-refractivity contribution >= 4 is 11.9 Å². The van der Waals surface area contributed by atoms with E-state index in [9.17, 15) is 4.79 Å². The molecular weight excluding hydrogens is 374 g/mol. The highest BCUT2D eigenvalue weighted by Gasteiger charge is 2.21. The van der Waals surface area contributed by atoms with Crippen LogP contribution in [0.4, 0.5) is 0 Å². The molecule has 1 saturated heterocycles. The molecule has 6 nitrogen and oxygen atoms in total.